The molecule has 0 radical (unpaired) electrons. The van der Waals surface area contributed by atoms with Crippen molar-refractivity contribution in [2.45, 2.75) is 25.2 Å². The Morgan fingerprint density at radius 1 is 1.33 bits per heavy atom. The van der Waals surface area contributed by atoms with Crippen LogP contribution in [0, 0.1) is 0 Å². The number of fused-ring (bicyclic) bond motifs is 2. The number of benzene rings is 1. The number of aromatic hydroxyl groups is 1. The van der Waals surface area contributed by atoms with E-state index in [1.807, 2.05) is 12.1 Å². The zero-order chi connectivity index (χ0) is 10.3. The topological polar surface area (TPSA) is 32.7 Å². The Labute approximate surface area is 89.3 Å². The van der Waals surface area contributed by atoms with Crippen LogP contribution >= 0.6 is 0 Å². The van der Waals surface area contributed by atoms with Crippen LogP contribution < -0.4 is 0 Å². The summed E-state index contributed by atoms with van der Waals surface area (Å²) in [6.07, 6.45) is 2.15. The van der Waals surface area contributed by atoms with Crippen molar-refractivity contribution in [3.05, 3.63) is 29.8 Å². The largest absolute Gasteiger partial charge is 0.508 e. The van der Waals surface area contributed by atoms with E-state index in [-0.39, 0.29) is 0 Å². The van der Waals surface area contributed by atoms with Crippen LogP contribution in [0.5, 0.6) is 5.75 Å². The van der Waals surface area contributed by atoms with Gasteiger partial charge in [0, 0.05) is 26.1 Å². The predicted octanol–water partition coefficient (Wildman–Crippen LogP) is 1.37. The first kappa shape index (κ1) is 9.19. The molecule has 2 unspecified atom stereocenters. The van der Waals surface area contributed by atoms with Gasteiger partial charge >= 0.3 is 0 Å². The van der Waals surface area contributed by atoms with Crippen molar-refractivity contribution in [2.75, 3.05) is 13.1 Å². The van der Waals surface area contributed by atoms with Gasteiger partial charge < -0.3 is 9.84 Å². The van der Waals surface area contributed by atoms with E-state index in [1.54, 1.807) is 6.07 Å². The highest BCUT2D eigenvalue weighted by Gasteiger charge is 2.37. The van der Waals surface area contributed by atoms with E-state index in [2.05, 4.69) is 11.0 Å². The molecule has 0 spiro atoms. The number of hydrogen-bond donors (Lipinski definition) is 1. The molecular formula is C12H15NO2. The van der Waals surface area contributed by atoms with Crippen LogP contribution in [0.1, 0.15) is 12.0 Å². The summed E-state index contributed by atoms with van der Waals surface area (Å²) < 4.78 is 5.58. The van der Waals surface area contributed by atoms with Gasteiger partial charge in [-0.15, -0.1) is 0 Å². The monoisotopic (exact) mass is 205 g/mol. The molecule has 3 aliphatic rings. The fraction of sp³-hybridized carbons (Fsp3) is 0.500. The second-order valence-corrected chi connectivity index (χ2v) is 4.48. The Hall–Kier alpha value is -1.06. The van der Waals surface area contributed by atoms with E-state index in [9.17, 15) is 5.11 Å². The molecule has 1 aromatic carbocycles. The summed E-state index contributed by atoms with van der Waals surface area (Å²) in [6, 6.07) is 7.49. The normalized spacial score (nSPS) is 29.9. The van der Waals surface area contributed by atoms with Gasteiger partial charge in [0.25, 0.3) is 0 Å². The minimum atomic E-state index is 0.353. The van der Waals surface area contributed by atoms with E-state index in [0.717, 1.165) is 19.6 Å². The van der Waals surface area contributed by atoms with Crippen LogP contribution in [0.25, 0.3) is 0 Å². The summed E-state index contributed by atoms with van der Waals surface area (Å²) in [4.78, 5) is 2.40. The van der Waals surface area contributed by atoms with Gasteiger partial charge in [-0.1, -0.05) is 12.1 Å². The average Bonchev–Trinajstić information content (AvgIpc) is 2.16. The van der Waals surface area contributed by atoms with Crippen molar-refractivity contribution < 1.29 is 9.84 Å². The van der Waals surface area contributed by atoms with Gasteiger partial charge in [-0.2, -0.15) is 0 Å². The zero-order valence-electron chi connectivity index (χ0n) is 8.60. The number of rotatable bonds is 2. The fourth-order valence-corrected chi connectivity index (χ4v) is 2.48. The molecule has 80 valence electrons. The number of phenolic OH excluding ortho intramolecular Hbond substituents is 1. The Morgan fingerprint density at radius 3 is 2.73 bits per heavy atom. The van der Waals surface area contributed by atoms with Crippen LogP contribution in [-0.4, -0.2) is 35.3 Å². The lowest BCUT2D eigenvalue weighted by Gasteiger charge is -2.47. The van der Waals surface area contributed by atoms with Crippen molar-refractivity contribution in [1.29, 1.82) is 0 Å². The second-order valence-electron chi connectivity index (χ2n) is 4.48. The smallest absolute Gasteiger partial charge is 0.115 e. The maximum Gasteiger partial charge on any atom is 0.115 e. The number of piperidine rings is 1. The Bertz CT molecular complexity index is 350. The lowest BCUT2D eigenvalue weighted by atomic mass is 9.98. The Balaban J connectivity index is 1.65. The minimum Gasteiger partial charge on any atom is -0.508 e. The van der Waals surface area contributed by atoms with Crippen LogP contribution in [0.4, 0.5) is 0 Å². The molecule has 3 fully saturated rings. The predicted molar refractivity (Wildman–Crippen MR) is 56.7 cm³/mol. The van der Waals surface area contributed by atoms with Crippen LogP contribution in [0.2, 0.25) is 0 Å². The SMILES string of the molecule is Oc1cccc(CN2CC3CC(C2)O3)c1. The molecule has 4 rings (SSSR count). The molecular weight excluding hydrogens is 190 g/mol. The van der Waals surface area contributed by atoms with Crippen molar-refractivity contribution in [3.63, 3.8) is 0 Å². The highest BCUT2D eigenvalue weighted by Crippen LogP contribution is 2.28. The molecule has 1 N–H and O–H groups in total. The van der Waals surface area contributed by atoms with Crippen molar-refractivity contribution >= 4 is 0 Å². The van der Waals surface area contributed by atoms with Gasteiger partial charge in [0.2, 0.25) is 0 Å². The standard InChI is InChI=1S/C12H15NO2/c14-10-3-1-2-9(4-10)6-13-7-11-5-12(8-13)15-11/h1-4,11-12,14H,5-8H2. The summed E-state index contributed by atoms with van der Waals surface area (Å²) >= 11 is 0. The van der Waals surface area contributed by atoms with Gasteiger partial charge in [0.05, 0.1) is 12.2 Å². The molecule has 15 heavy (non-hydrogen) atoms. The quantitative estimate of drug-likeness (QED) is 0.791. The Kier molecular flexibility index (Phi) is 2.15. The van der Waals surface area contributed by atoms with Crippen molar-refractivity contribution in [2.24, 2.45) is 0 Å². The summed E-state index contributed by atoms with van der Waals surface area (Å²) in [7, 11) is 0. The van der Waals surface area contributed by atoms with Crippen molar-refractivity contribution in [1.82, 2.24) is 4.90 Å². The molecule has 0 aliphatic carbocycles. The van der Waals surface area contributed by atoms with Gasteiger partial charge in [-0.3, -0.25) is 4.90 Å². The third kappa shape index (κ3) is 1.85. The molecule has 0 amide bonds. The maximum absolute atomic E-state index is 9.36. The number of phenols is 1. The minimum absolute atomic E-state index is 0.353. The number of morpholine rings is 1. The van der Waals surface area contributed by atoms with E-state index in [4.69, 9.17) is 4.74 Å². The molecule has 3 nitrogen and oxygen atoms in total. The number of ether oxygens (including phenoxy) is 1. The molecule has 0 saturated carbocycles. The van der Waals surface area contributed by atoms with Crippen LogP contribution in [-0.2, 0) is 11.3 Å². The summed E-state index contributed by atoms with van der Waals surface area (Å²) in [6.45, 7) is 2.99. The molecule has 1 aromatic rings. The van der Waals surface area contributed by atoms with Gasteiger partial charge in [-0.05, 0) is 17.7 Å². The summed E-state index contributed by atoms with van der Waals surface area (Å²) in [5, 5.41) is 9.36. The van der Waals surface area contributed by atoms with Crippen LogP contribution in [0.3, 0.4) is 0 Å². The first-order valence-electron chi connectivity index (χ1n) is 5.45. The van der Waals surface area contributed by atoms with E-state index in [1.165, 1.54) is 12.0 Å². The fourth-order valence-electron chi connectivity index (χ4n) is 2.48. The summed E-state index contributed by atoms with van der Waals surface area (Å²) in [5.41, 5.74) is 1.18. The maximum atomic E-state index is 9.36. The van der Waals surface area contributed by atoms with Crippen molar-refractivity contribution in [3.8, 4) is 5.75 Å². The number of hydrogen-bond acceptors (Lipinski definition) is 3. The lowest BCUT2D eigenvalue weighted by molar-refractivity contribution is -0.182. The molecule has 3 heteroatoms. The first-order chi connectivity index (χ1) is 7.29. The van der Waals surface area contributed by atoms with E-state index in [0.29, 0.717) is 18.0 Å². The first-order valence-corrected chi connectivity index (χ1v) is 5.45. The average molecular weight is 205 g/mol. The zero-order valence-corrected chi connectivity index (χ0v) is 8.60. The lowest BCUT2D eigenvalue weighted by Crippen LogP contribution is -2.56. The summed E-state index contributed by atoms with van der Waals surface area (Å²) in [5.74, 6) is 0.353. The highest BCUT2D eigenvalue weighted by atomic mass is 16.5. The third-order valence-corrected chi connectivity index (χ3v) is 3.15. The molecule has 2 atom stereocenters. The van der Waals surface area contributed by atoms with E-state index < -0.39 is 0 Å². The van der Waals surface area contributed by atoms with Crippen LogP contribution in [0.15, 0.2) is 24.3 Å². The molecule has 0 aromatic heterocycles. The van der Waals surface area contributed by atoms with Gasteiger partial charge in [0.1, 0.15) is 5.75 Å². The number of nitrogens with zero attached hydrogens (tertiary/aromatic N) is 1. The highest BCUT2D eigenvalue weighted by molar-refractivity contribution is 5.27. The molecule has 2 bridgehead atoms. The molecule has 3 aliphatic heterocycles. The molecule has 3 saturated heterocycles. The Morgan fingerprint density at radius 2 is 2.07 bits per heavy atom. The molecule has 3 heterocycles. The van der Waals surface area contributed by atoms with Gasteiger partial charge in [0.15, 0.2) is 0 Å². The second kappa shape index (κ2) is 3.51. The third-order valence-electron chi connectivity index (χ3n) is 3.15. The van der Waals surface area contributed by atoms with E-state index >= 15 is 0 Å². The van der Waals surface area contributed by atoms with Gasteiger partial charge in [-0.25, -0.2) is 0 Å².